The highest BCUT2D eigenvalue weighted by Gasteiger charge is 2.14. The third-order valence-electron chi connectivity index (χ3n) is 3.34. The molecule has 4 nitrogen and oxygen atoms in total. The predicted molar refractivity (Wildman–Crippen MR) is 75.7 cm³/mol. The second-order valence-electron chi connectivity index (χ2n) is 4.77. The maximum Gasteiger partial charge on any atom is 0.0723 e. The van der Waals surface area contributed by atoms with Crippen molar-refractivity contribution < 1.29 is 0 Å². The molecule has 96 valence electrons. The van der Waals surface area contributed by atoms with Crippen molar-refractivity contribution in [3.05, 3.63) is 59.5 Å². The van der Waals surface area contributed by atoms with E-state index < -0.39 is 0 Å². The minimum absolute atomic E-state index is 0.171. The van der Waals surface area contributed by atoms with Gasteiger partial charge in [-0.2, -0.15) is 5.10 Å². The van der Waals surface area contributed by atoms with Crippen LogP contribution in [0.2, 0.25) is 0 Å². The molecule has 0 aliphatic rings. The van der Waals surface area contributed by atoms with E-state index in [2.05, 4.69) is 16.1 Å². The second kappa shape index (κ2) is 4.48. The minimum atomic E-state index is -0.171. The first-order chi connectivity index (χ1) is 9.15. The summed E-state index contributed by atoms with van der Waals surface area (Å²) in [4.78, 5) is 4.32. The number of rotatable bonds is 2. The van der Waals surface area contributed by atoms with Crippen molar-refractivity contribution in [1.29, 1.82) is 0 Å². The zero-order valence-electron chi connectivity index (χ0n) is 11.0. The fraction of sp³-hybridized carbons (Fsp3) is 0.200. The van der Waals surface area contributed by atoms with E-state index in [0.29, 0.717) is 0 Å². The maximum atomic E-state index is 6.34. The molecule has 0 radical (unpaired) electrons. The van der Waals surface area contributed by atoms with Gasteiger partial charge in [-0.1, -0.05) is 12.1 Å². The van der Waals surface area contributed by atoms with E-state index in [1.165, 1.54) is 0 Å². The monoisotopic (exact) mass is 252 g/mol. The van der Waals surface area contributed by atoms with Crippen LogP contribution < -0.4 is 5.73 Å². The second-order valence-corrected chi connectivity index (χ2v) is 4.77. The summed E-state index contributed by atoms with van der Waals surface area (Å²) >= 11 is 0. The number of benzene rings is 1. The first-order valence-electron chi connectivity index (χ1n) is 6.26. The molecule has 0 saturated carbocycles. The fourth-order valence-corrected chi connectivity index (χ4v) is 2.38. The van der Waals surface area contributed by atoms with E-state index >= 15 is 0 Å². The Bertz CT molecular complexity index is 730. The van der Waals surface area contributed by atoms with Gasteiger partial charge in [0.05, 0.1) is 22.9 Å². The van der Waals surface area contributed by atoms with Crippen LogP contribution in [0, 0.1) is 6.92 Å². The Hall–Kier alpha value is -2.20. The number of fused-ring (bicyclic) bond motifs is 1. The molecule has 0 amide bonds. The molecule has 2 aromatic heterocycles. The van der Waals surface area contributed by atoms with Gasteiger partial charge in [0.25, 0.3) is 0 Å². The van der Waals surface area contributed by atoms with Crippen LogP contribution in [0.4, 0.5) is 0 Å². The number of nitrogens with zero attached hydrogens (tertiary/aromatic N) is 3. The molecule has 3 rings (SSSR count). The Morgan fingerprint density at radius 1 is 1.21 bits per heavy atom. The Balaban J connectivity index is 2.06. The molecule has 0 saturated heterocycles. The van der Waals surface area contributed by atoms with Crippen LogP contribution in [0.5, 0.6) is 0 Å². The van der Waals surface area contributed by atoms with Crippen molar-refractivity contribution in [2.45, 2.75) is 13.0 Å². The van der Waals surface area contributed by atoms with E-state index in [9.17, 15) is 0 Å². The zero-order valence-corrected chi connectivity index (χ0v) is 11.0. The molecular formula is C15H16N4. The maximum absolute atomic E-state index is 6.34. The highest BCUT2D eigenvalue weighted by molar-refractivity contribution is 5.79. The van der Waals surface area contributed by atoms with Gasteiger partial charge in [0, 0.05) is 18.6 Å². The molecule has 0 bridgehead atoms. The standard InChI is InChI=1S/C15H16N4/c1-10-8-14(19(2)18-10)15(16)12-5-6-13-11(9-12)4-3-7-17-13/h3-9,15H,16H2,1-2H3. The SMILES string of the molecule is Cc1cc(C(N)c2ccc3ncccc3c2)n(C)n1. The predicted octanol–water partition coefficient (Wildman–Crippen LogP) is 2.32. The lowest BCUT2D eigenvalue weighted by Gasteiger charge is -2.13. The molecule has 1 unspecified atom stereocenters. The van der Waals surface area contributed by atoms with Gasteiger partial charge in [0.2, 0.25) is 0 Å². The van der Waals surface area contributed by atoms with Crippen molar-refractivity contribution >= 4 is 10.9 Å². The summed E-state index contributed by atoms with van der Waals surface area (Å²) in [5.74, 6) is 0. The number of pyridine rings is 1. The third kappa shape index (κ3) is 2.11. The molecule has 0 aliphatic carbocycles. The summed E-state index contributed by atoms with van der Waals surface area (Å²) < 4.78 is 1.84. The molecule has 1 atom stereocenters. The highest BCUT2D eigenvalue weighted by Crippen LogP contribution is 2.23. The van der Waals surface area contributed by atoms with Crippen LogP contribution in [0.1, 0.15) is 23.0 Å². The average Bonchev–Trinajstić information content (AvgIpc) is 2.76. The first-order valence-corrected chi connectivity index (χ1v) is 6.26. The fourth-order valence-electron chi connectivity index (χ4n) is 2.38. The number of hydrogen-bond donors (Lipinski definition) is 1. The molecular weight excluding hydrogens is 236 g/mol. The lowest BCUT2D eigenvalue weighted by molar-refractivity contribution is 0.669. The smallest absolute Gasteiger partial charge is 0.0723 e. The van der Waals surface area contributed by atoms with Crippen LogP contribution in [0.25, 0.3) is 10.9 Å². The molecule has 19 heavy (non-hydrogen) atoms. The third-order valence-corrected chi connectivity index (χ3v) is 3.34. The summed E-state index contributed by atoms with van der Waals surface area (Å²) in [6.07, 6.45) is 1.80. The molecule has 2 heterocycles. The van der Waals surface area contributed by atoms with Crippen molar-refractivity contribution in [2.75, 3.05) is 0 Å². The number of aromatic nitrogens is 3. The molecule has 0 fully saturated rings. The normalized spacial score (nSPS) is 12.8. The first kappa shape index (κ1) is 11.9. The minimum Gasteiger partial charge on any atom is -0.319 e. The number of aryl methyl sites for hydroxylation is 2. The van der Waals surface area contributed by atoms with E-state index in [1.807, 2.05) is 49.0 Å². The Kier molecular flexibility index (Phi) is 2.80. The van der Waals surface area contributed by atoms with Crippen molar-refractivity contribution in [1.82, 2.24) is 14.8 Å². The summed E-state index contributed by atoms with van der Waals surface area (Å²) in [6.45, 7) is 1.97. The average molecular weight is 252 g/mol. The molecule has 2 N–H and O–H groups in total. The Labute approximate surface area is 111 Å². The van der Waals surface area contributed by atoms with Crippen LogP contribution in [0.3, 0.4) is 0 Å². The van der Waals surface area contributed by atoms with E-state index in [0.717, 1.165) is 27.9 Å². The Morgan fingerprint density at radius 2 is 2.05 bits per heavy atom. The summed E-state index contributed by atoms with van der Waals surface area (Å²) in [6, 6.07) is 12.0. The topological polar surface area (TPSA) is 56.7 Å². The van der Waals surface area contributed by atoms with Crippen LogP contribution >= 0.6 is 0 Å². The van der Waals surface area contributed by atoms with Crippen LogP contribution in [-0.2, 0) is 7.05 Å². The molecule has 4 heteroatoms. The van der Waals surface area contributed by atoms with Crippen molar-refractivity contribution in [3.8, 4) is 0 Å². The quantitative estimate of drug-likeness (QED) is 0.761. The van der Waals surface area contributed by atoms with Gasteiger partial charge in [0.1, 0.15) is 0 Å². The lowest BCUT2D eigenvalue weighted by Crippen LogP contribution is -2.15. The van der Waals surface area contributed by atoms with Gasteiger partial charge < -0.3 is 5.73 Å². The van der Waals surface area contributed by atoms with Gasteiger partial charge in [-0.05, 0) is 36.8 Å². The summed E-state index contributed by atoms with van der Waals surface area (Å²) in [5, 5.41) is 5.45. The van der Waals surface area contributed by atoms with Gasteiger partial charge >= 0.3 is 0 Å². The highest BCUT2D eigenvalue weighted by atomic mass is 15.3. The summed E-state index contributed by atoms with van der Waals surface area (Å²) in [5.41, 5.74) is 10.4. The lowest BCUT2D eigenvalue weighted by atomic mass is 10.0. The van der Waals surface area contributed by atoms with Crippen LogP contribution in [-0.4, -0.2) is 14.8 Å². The van der Waals surface area contributed by atoms with Crippen molar-refractivity contribution in [3.63, 3.8) is 0 Å². The van der Waals surface area contributed by atoms with E-state index in [4.69, 9.17) is 5.73 Å². The van der Waals surface area contributed by atoms with E-state index in [1.54, 1.807) is 6.20 Å². The summed E-state index contributed by atoms with van der Waals surface area (Å²) in [7, 11) is 1.92. The van der Waals surface area contributed by atoms with Gasteiger partial charge in [0.15, 0.2) is 0 Å². The largest absolute Gasteiger partial charge is 0.319 e. The van der Waals surface area contributed by atoms with Crippen LogP contribution in [0.15, 0.2) is 42.6 Å². The van der Waals surface area contributed by atoms with Gasteiger partial charge in [-0.15, -0.1) is 0 Å². The molecule has 3 aromatic rings. The molecule has 0 spiro atoms. The zero-order chi connectivity index (χ0) is 13.4. The number of hydrogen-bond acceptors (Lipinski definition) is 3. The van der Waals surface area contributed by atoms with Crippen molar-refractivity contribution in [2.24, 2.45) is 12.8 Å². The Morgan fingerprint density at radius 3 is 2.79 bits per heavy atom. The number of nitrogens with two attached hydrogens (primary N) is 1. The van der Waals surface area contributed by atoms with Gasteiger partial charge in [-0.3, -0.25) is 9.67 Å². The van der Waals surface area contributed by atoms with Gasteiger partial charge in [-0.25, -0.2) is 0 Å². The molecule has 0 aliphatic heterocycles. The van der Waals surface area contributed by atoms with E-state index in [-0.39, 0.29) is 6.04 Å². The molecule has 1 aromatic carbocycles.